The van der Waals surface area contributed by atoms with Crippen LogP contribution in [0.15, 0.2) is 17.1 Å². The number of nitrogens with one attached hydrogen (secondary N) is 4. The van der Waals surface area contributed by atoms with Crippen molar-refractivity contribution in [2.75, 3.05) is 19.8 Å². The molecule has 1 aliphatic carbocycles. The average molecular weight is 513 g/mol. The molecule has 2 aliphatic rings. The molecular weight excluding hydrogens is 478 g/mol. The molecule has 3 aromatic rings. The number of amides is 2. The third kappa shape index (κ3) is 5.24. The topological polar surface area (TPSA) is 157 Å². The van der Waals surface area contributed by atoms with E-state index in [2.05, 4.69) is 25.9 Å². The van der Waals surface area contributed by atoms with Gasteiger partial charge in [-0.15, -0.1) is 0 Å². The molecule has 0 aromatic carbocycles. The molecule has 12 heteroatoms. The zero-order chi connectivity index (χ0) is 26.3. The third-order valence-electron chi connectivity index (χ3n) is 6.73. The monoisotopic (exact) mass is 512 g/mol. The maximum Gasteiger partial charge on any atom is 0.378 e. The quantitative estimate of drug-likeness (QED) is 0.298. The van der Waals surface area contributed by atoms with E-state index in [1.54, 1.807) is 10.6 Å². The molecule has 1 saturated heterocycles. The Morgan fingerprint density at radius 3 is 2.62 bits per heavy atom. The summed E-state index contributed by atoms with van der Waals surface area (Å²) in [4.78, 5) is 39.3. The number of ether oxygens (including phenoxy) is 1. The summed E-state index contributed by atoms with van der Waals surface area (Å²) in [5.41, 5.74) is 0.243. The SMILES string of the molecule is CC(C)(C)C[n+]1c(O)c(C(=O)NC2CC2)c(=O)n2[nH]c(-c3[nH]ncc3C(=O)NCC3CCOCC3)cc21. The summed E-state index contributed by atoms with van der Waals surface area (Å²) in [6.07, 6.45) is 4.95. The fourth-order valence-corrected chi connectivity index (χ4v) is 4.60. The Morgan fingerprint density at radius 1 is 1.22 bits per heavy atom. The van der Waals surface area contributed by atoms with Crippen molar-refractivity contribution in [3.8, 4) is 17.3 Å². The first-order valence-corrected chi connectivity index (χ1v) is 12.7. The number of rotatable bonds is 7. The standard InChI is InChI=1S/C25H33N7O5/c1-25(2,3)13-31-18-10-17(30-32(18)24(36)19(23(31)35)22(34)28-15-4-5-15)20-16(12-27-29-20)21(33)26-11-14-6-8-37-9-7-14/h10,12,14-15H,4-9,11,13H2,1-3H3,(H4,26,27,28,29,30,33,34,35,36)/p+1. The normalized spacial score (nSPS) is 16.7. The van der Waals surface area contributed by atoms with E-state index in [4.69, 9.17) is 4.74 Å². The molecule has 5 rings (SSSR count). The lowest BCUT2D eigenvalue weighted by Gasteiger charge is -2.22. The maximum atomic E-state index is 13.4. The molecule has 5 N–H and O–H groups in total. The molecule has 4 heterocycles. The lowest BCUT2D eigenvalue weighted by atomic mass is 9.96. The molecule has 0 unspecified atom stereocenters. The zero-order valence-corrected chi connectivity index (χ0v) is 21.4. The van der Waals surface area contributed by atoms with Crippen LogP contribution in [0.1, 0.15) is 67.2 Å². The fraction of sp³-hybridized carbons (Fsp3) is 0.560. The van der Waals surface area contributed by atoms with Crippen molar-refractivity contribution >= 4 is 17.5 Å². The molecule has 0 bridgehead atoms. The summed E-state index contributed by atoms with van der Waals surface area (Å²) in [5, 5.41) is 26.8. The molecule has 0 radical (unpaired) electrons. The Labute approximate surface area is 213 Å². The van der Waals surface area contributed by atoms with Crippen molar-refractivity contribution in [3.05, 3.63) is 33.7 Å². The van der Waals surface area contributed by atoms with E-state index in [0.717, 1.165) is 25.7 Å². The molecule has 1 aliphatic heterocycles. The Morgan fingerprint density at radius 2 is 1.95 bits per heavy atom. The Bertz CT molecular complexity index is 1390. The lowest BCUT2D eigenvalue weighted by molar-refractivity contribution is -0.692. The van der Waals surface area contributed by atoms with Crippen LogP contribution in [-0.2, 0) is 11.3 Å². The van der Waals surface area contributed by atoms with Crippen LogP contribution in [0.3, 0.4) is 0 Å². The molecular formula is C25H34N7O5+. The van der Waals surface area contributed by atoms with Crippen molar-refractivity contribution in [1.82, 2.24) is 30.4 Å². The summed E-state index contributed by atoms with van der Waals surface area (Å²) >= 11 is 0. The van der Waals surface area contributed by atoms with Crippen LogP contribution in [0, 0.1) is 11.3 Å². The van der Waals surface area contributed by atoms with E-state index in [0.29, 0.717) is 54.8 Å². The highest BCUT2D eigenvalue weighted by molar-refractivity contribution is 5.99. The van der Waals surface area contributed by atoms with Crippen molar-refractivity contribution < 1.29 is 24.0 Å². The van der Waals surface area contributed by atoms with Crippen LogP contribution in [0.5, 0.6) is 5.88 Å². The van der Waals surface area contributed by atoms with Crippen LogP contribution >= 0.6 is 0 Å². The second-order valence-electron chi connectivity index (χ2n) is 11.2. The van der Waals surface area contributed by atoms with Gasteiger partial charge in [-0.1, -0.05) is 25.3 Å². The highest BCUT2D eigenvalue weighted by atomic mass is 16.5. The van der Waals surface area contributed by atoms with Gasteiger partial charge < -0.3 is 20.5 Å². The summed E-state index contributed by atoms with van der Waals surface area (Å²) in [6, 6.07) is 1.69. The number of H-pyrrole nitrogens is 2. The molecule has 3 aromatic heterocycles. The number of carbonyl (C=O) groups excluding carboxylic acids is 2. The van der Waals surface area contributed by atoms with Gasteiger partial charge in [0.05, 0.1) is 30.1 Å². The van der Waals surface area contributed by atoms with Gasteiger partial charge in [0.1, 0.15) is 5.69 Å². The van der Waals surface area contributed by atoms with Gasteiger partial charge in [-0.05, 0) is 37.0 Å². The minimum atomic E-state index is -0.674. The van der Waals surface area contributed by atoms with Gasteiger partial charge in [0.25, 0.3) is 11.8 Å². The maximum absolute atomic E-state index is 13.4. The first-order chi connectivity index (χ1) is 17.6. The van der Waals surface area contributed by atoms with Crippen LogP contribution in [0.4, 0.5) is 0 Å². The van der Waals surface area contributed by atoms with E-state index < -0.39 is 11.5 Å². The summed E-state index contributed by atoms with van der Waals surface area (Å²) < 4.78 is 8.16. The summed E-state index contributed by atoms with van der Waals surface area (Å²) in [6.45, 7) is 8.26. The molecule has 198 valence electrons. The van der Waals surface area contributed by atoms with E-state index in [-0.39, 0.29) is 28.8 Å². The minimum Gasteiger partial charge on any atom is -0.477 e. The van der Waals surface area contributed by atoms with Crippen molar-refractivity contribution in [2.24, 2.45) is 11.3 Å². The number of aromatic hydroxyl groups is 1. The summed E-state index contributed by atoms with van der Waals surface area (Å²) in [7, 11) is 0. The van der Waals surface area contributed by atoms with E-state index >= 15 is 0 Å². The number of hydrogen-bond acceptors (Lipinski definition) is 6. The summed E-state index contributed by atoms with van der Waals surface area (Å²) in [5.74, 6) is -0.911. The second kappa shape index (κ2) is 9.66. The van der Waals surface area contributed by atoms with Gasteiger partial charge in [-0.25, -0.2) is 9.89 Å². The van der Waals surface area contributed by atoms with E-state index in [9.17, 15) is 19.5 Å². The Hall–Kier alpha value is -3.67. The first kappa shape index (κ1) is 25.0. The molecule has 37 heavy (non-hydrogen) atoms. The van der Waals surface area contributed by atoms with Crippen molar-refractivity contribution in [2.45, 2.75) is 59.0 Å². The predicted molar refractivity (Wildman–Crippen MR) is 133 cm³/mol. The van der Waals surface area contributed by atoms with Gasteiger partial charge in [0.15, 0.2) is 0 Å². The van der Waals surface area contributed by atoms with E-state index in [1.165, 1.54) is 10.7 Å². The van der Waals surface area contributed by atoms with Gasteiger partial charge >= 0.3 is 17.1 Å². The fourth-order valence-electron chi connectivity index (χ4n) is 4.60. The molecule has 2 fully saturated rings. The van der Waals surface area contributed by atoms with E-state index in [1.807, 2.05) is 20.8 Å². The predicted octanol–water partition coefficient (Wildman–Crippen LogP) is 1.11. The number of aromatic amines is 2. The van der Waals surface area contributed by atoms with Crippen LogP contribution in [0.2, 0.25) is 0 Å². The Balaban J connectivity index is 1.52. The molecule has 2 amide bonds. The smallest absolute Gasteiger partial charge is 0.378 e. The molecule has 1 saturated carbocycles. The van der Waals surface area contributed by atoms with Gasteiger partial charge in [-0.3, -0.25) is 14.7 Å². The first-order valence-electron chi connectivity index (χ1n) is 12.7. The Kier molecular flexibility index (Phi) is 6.52. The highest BCUT2D eigenvalue weighted by Gasteiger charge is 2.35. The van der Waals surface area contributed by atoms with Gasteiger partial charge in [-0.2, -0.15) is 9.67 Å². The number of nitrogens with zero attached hydrogens (tertiary/aromatic N) is 3. The van der Waals surface area contributed by atoms with Crippen LogP contribution in [-0.4, -0.2) is 62.5 Å². The van der Waals surface area contributed by atoms with Crippen molar-refractivity contribution in [1.29, 1.82) is 0 Å². The number of carbonyl (C=O) groups is 2. The number of fused-ring (bicyclic) bond motifs is 1. The van der Waals surface area contributed by atoms with Gasteiger partial charge in [0, 0.05) is 25.8 Å². The molecule has 0 spiro atoms. The average Bonchev–Trinajstić information content (AvgIpc) is 3.34. The highest BCUT2D eigenvalue weighted by Crippen LogP contribution is 2.24. The van der Waals surface area contributed by atoms with Gasteiger partial charge in [0.2, 0.25) is 5.56 Å². The third-order valence-corrected chi connectivity index (χ3v) is 6.73. The molecule has 12 nitrogen and oxygen atoms in total. The van der Waals surface area contributed by atoms with Crippen molar-refractivity contribution in [3.63, 3.8) is 0 Å². The second-order valence-corrected chi connectivity index (χ2v) is 11.2. The lowest BCUT2D eigenvalue weighted by Crippen LogP contribution is -2.47. The van der Waals surface area contributed by atoms with Crippen LogP contribution in [0.25, 0.3) is 17.0 Å². The minimum absolute atomic E-state index is 0.0227. The zero-order valence-electron chi connectivity index (χ0n) is 21.4. The number of aromatic nitrogens is 5. The number of hydrogen-bond donors (Lipinski definition) is 5. The van der Waals surface area contributed by atoms with Crippen LogP contribution < -0.4 is 20.8 Å². The largest absolute Gasteiger partial charge is 0.477 e. The molecule has 0 atom stereocenters.